The zero-order valence-corrected chi connectivity index (χ0v) is 11.3. The summed E-state index contributed by atoms with van der Waals surface area (Å²) in [6, 6.07) is 3.40. The van der Waals surface area contributed by atoms with Crippen LogP contribution in [0.15, 0.2) is 24.4 Å². The van der Waals surface area contributed by atoms with Gasteiger partial charge in [0.25, 0.3) is 5.91 Å². The Morgan fingerprint density at radius 1 is 1.42 bits per heavy atom. The molecule has 0 fully saturated rings. The molecule has 0 aliphatic carbocycles. The Hall–Kier alpha value is -2.17. The fourth-order valence-electron chi connectivity index (χ4n) is 1.69. The van der Waals surface area contributed by atoms with Gasteiger partial charge in [-0.15, -0.1) is 0 Å². The van der Waals surface area contributed by atoms with Crippen LogP contribution in [0.25, 0.3) is 6.08 Å². The molecule has 102 valence electrons. The number of rotatable bonds is 5. The van der Waals surface area contributed by atoms with Crippen LogP contribution in [0.2, 0.25) is 0 Å². The minimum Gasteiger partial charge on any atom is -0.478 e. The van der Waals surface area contributed by atoms with Crippen molar-refractivity contribution in [2.24, 2.45) is 0 Å². The lowest BCUT2D eigenvalue weighted by Gasteiger charge is -2.24. The Labute approximate surface area is 112 Å². The average Bonchev–Trinajstić information content (AvgIpc) is 2.37. The first-order valence-electron chi connectivity index (χ1n) is 6.13. The van der Waals surface area contributed by atoms with E-state index in [4.69, 9.17) is 5.11 Å². The van der Waals surface area contributed by atoms with E-state index < -0.39 is 5.97 Å². The molecule has 0 radical (unpaired) electrons. The second-order valence-corrected chi connectivity index (χ2v) is 4.33. The fraction of sp³-hybridized carbons (Fsp3) is 0.357. The van der Waals surface area contributed by atoms with Crippen molar-refractivity contribution in [2.75, 3.05) is 6.54 Å². The largest absolute Gasteiger partial charge is 0.478 e. The van der Waals surface area contributed by atoms with Crippen molar-refractivity contribution in [1.29, 1.82) is 0 Å². The van der Waals surface area contributed by atoms with Crippen LogP contribution < -0.4 is 0 Å². The van der Waals surface area contributed by atoms with E-state index in [1.165, 1.54) is 12.3 Å². The molecule has 5 nitrogen and oxygen atoms in total. The number of aromatic nitrogens is 1. The predicted octanol–water partition coefficient (Wildman–Crippen LogP) is 2.05. The molecule has 0 spiro atoms. The van der Waals surface area contributed by atoms with Crippen LogP contribution >= 0.6 is 0 Å². The van der Waals surface area contributed by atoms with Crippen molar-refractivity contribution in [2.45, 2.75) is 26.8 Å². The summed E-state index contributed by atoms with van der Waals surface area (Å²) in [6.45, 7) is 6.44. The van der Waals surface area contributed by atoms with Gasteiger partial charge in [0, 0.05) is 24.9 Å². The second-order valence-electron chi connectivity index (χ2n) is 4.33. The van der Waals surface area contributed by atoms with Crippen molar-refractivity contribution in [1.82, 2.24) is 9.88 Å². The van der Waals surface area contributed by atoms with Crippen LogP contribution in [-0.2, 0) is 4.79 Å². The number of pyridine rings is 1. The van der Waals surface area contributed by atoms with Gasteiger partial charge in [-0.1, -0.05) is 6.07 Å². The summed E-state index contributed by atoms with van der Waals surface area (Å²) in [6.07, 6.45) is 3.95. The third-order valence-corrected chi connectivity index (χ3v) is 2.65. The summed E-state index contributed by atoms with van der Waals surface area (Å²) in [5, 5.41) is 8.52. The maximum absolute atomic E-state index is 12.1. The van der Waals surface area contributed by atoms with E-state index in [0.29, 0.717) is 17.8 Å². The molecule has 1 rings (SSSR count). The van der Waals surface area contributed by atoms with Crippen LogP contribution in [0.3, 0.4) is 0 Å². The van der Waals surface area contributed by atoms with Crippen LogP contribution in [-0.4, -0.2) is 39.5 Å². The molecule has 0 saturated heterocycles. The lowest BCUT2D eigenvalue weighted by molar-refractivity contribution is -0.131. The number of carbonyl (C=O) groups is 2. The van der Waals surface area contributed by atoms with E-state index in [0.717, 1.165) is 6.08 Å². The van der Waals surface area contributed by atoms with E-state index in [9.17, 15) is 9.59 Å². The number of carbonyl (C=O) groups excluding carboxylic acids is 1. The van der Waals surface area contributed by atoms with E-state index >= 15 is 0 Å². The second kappa shape index (κ2) is 6.68. The van der Waals surface area contributed by atoms with Gasteiger partial charge in [-0.25, -0.2) is 4.79 Å². The highest BCUT2D eigenvalue weighted by atomic mass is 16.4. The SMILES string of the molecule is CCN(C(=O)c1ccc(C=CC(=O)O)cn1)C(C)C. The van der Waals surface area contributed by atoms with Crippen molar-refractivity contribution < 1.29 is 14.7 Å². The van der Waals surface area contributed by atoms with E-state index in [-0.39, 0.29) is 11.9 Å². The molecule has 19 heavy (non-hydrogen) atoms. The zero-order chi connectivity index (χ0) is 14.4. The van der Waals surface area contributed by atoms with Crippen LogP contribution in [0.1, 0.15) is 36.8 Å². The molecule has 0 aliphatic heterocycles. The maximum Gasteiger partial charge on any atom is 0.328 e. The zero-order valence-electron chi connectivity index (χ0n) is 11.3. The number of aliphatic carboxylic acids is 1. The molecule has 0 atom stereocenters. The number of hydrogen-bond acceptors (Lipinski definition) is 3. The highest BCUT2D eigenvalue weighted by Crippen LogP contribution is 2.08. The molecule has 1 amide bonds. The molecule has 0 aliphatic rings. The first kappa shape index (κ1) is 14.9. The first-order chi connectivity index (χ1) is 8.95. The number of carboxylic acid groups (broad SMARTS) is 1. The van der Waals surface area contributed by atoms with E-state index in [1.807, 2.05) is 20.8 Å². The monoisotopic (exact) mass is 262 g/mol. The normalized spacial score (nSPS) is 10.9. The van der Waals surface area contributed by atoms with Gasteiger partial charge in [0.1, 0.15) is 5.69 Å². The van der Waals surface area contributed by atoms with Crippen molar-refractivity contribution in [3.05, 3.63) is 35.7 Å². The molecule has 0 unspecified atom stereocenters. The van der Waals surface area contributed by atoms with Crippen molar-refractivity contribution >= 4 is 18.0 Å². The van der Waals surface area contributed by atoms with Gasteiger partial charge in [-0.3, -0.25) is 9.78 Å². The summed E-state index contributed by atoms with van der Waals surface area (Å²) in [5.74, 6) is -1.14. The van der Waals surface area contributed by atoms with Crippen molar-refractivity contribution in [3.8, 4) is 0 Å². The number of carboxylic acids is 1. The molecular formula is C14H18N2O3. The fourth-order valence-corrected chi connectivity index (χ4v) is 1.69. The predicted molar refractivity (Wildman–Crippen MR) is 72.8 cm³/mol. The summed E-state index contributed by atoms with van der Waals surface area (Å²) in [5.41, 5.74) is 1.01. The van der Waals surface area contributed by atoms with Gasteiger partial charge < -0.3 is 10.0 Å². The average molecular weight is 262 g/mol. The standard InChI is InChI=1S/C14H18N2O3/c1-4-16(10(2)3)14(19)12-7-5-11(9-15-12)6-8-13(17)18/h5-10H,4H2,1-3H3,(H,17,18). The van der Waals surface area contributed by atoms with Crippen molar-refractivity contribution in [3.63, 3.8) is 0 Å². The molecule has 1 N–H and O–H groups in total. The Morgan fingerprint density at radius 2 is 2.11 bits per heavy atom. The third kappa shape index (κ3) is 4.21. The van der Waals surface area contributed by atoms with Crippen LogP contribution in [0.4, 0.5) is 0 Å². The Balaban J connectivity index is 2.86. The Bertz CT molecular complexity index is 478. The summed E-state index contributed by atoms with van der Waals surface area (Å²) in [7, 11) is 0. The summed E-state index contributed by atoms with van der Waals surface area (Å²) in [4.78, 5) is 28.3. The molecule has 1 aromatic rings. The van der Waals surface area contributed by atoms with Crippen LogP contribution in [0.5, 0.6) is 0 Å². The Morgan fingerprint density at radius 3 is 2.53 bits per heavy atom. The molecule has 0 aromatic carbocycles. The number of hydrogen-bond donors (Lipinski definition) is 1. The van der Waals surface area contributed by atoms with Gasteiger partial charge in [0.05, 0.1) is 0 Å². The Kier molecular flexibility index (Phi) is 5.23. The minimum absolute atomic E-state index is 0.117. The molecule has 0 bridgehead atoms. The maximum atomic E-state index is 12.1. The number of amides is 1. The quantitative estimate of drug-likeness (QED) is 0.824. The highest BCUT2D eigenvalue weighted by molar-refractivity contribution is 5.92. The van der Waals surface area contributed by atoms with Gasteiger partial charge in [0.2, 0.25) is 0 Å². The van der Waals surface area contributed by atoms with Gasteiger partial charge in [0.15, 0.2) is 0 Å². The van der Waals surface area contributed by atoms with Crippen LogP contribution in [0, 0.1) is 0 Å². The molecule has 5 heteroatoms. The first-order valence-corrected chi connectivity index (χ1v) is 6.13. The summed E-state index contributed by atoms with van der Waals surface area (Å²) < 4.78 is 0. The topological polar surface area (TPSA) is 70.5 Å². The van der Waals surface area contributed by atoms with E-state index in [2.05, 4.69) is 4.98 Å². The molecule has 1 heterocycles. The smallest absolute Gasteiger partial charge is 0.328 e. The van der Waals surface area contributed by atoms with Gasteiger partial charge in [-0.2, -0.15) is 0 Å². The minimum atomic E-state index is -1.02. The van der Waals surface area contributed by atoms with E-state index in [1.54, 1.807) is 17.0 Å². The molecule has 0 saturated carbocycles. The third-order valence-electron chi connectivity index (χ3n) is 2.65. The number of nitrogens with zero attached hydrogens (tertiary/aromatic N) is 2. The van der Waals surface area contributed by atoms with Gasteiger partial charge >= 0.3 is 5.97 Å². The lowest BCUT2D eigenvalue weighted by Crippen LogP contribution is -2.37. The molecular weight excluding hydrogens is 244 g/mol. The van der Waals surface area contributed by atoms with Gasteiger partial charge in [-0.05, 0) is 38.5 Å². The highest BCUT2D eigenvalue weighted by Gasteiger charge is 2.17. The lowest BCUT2D eigenvalue weighted by atomic mass is 10.2. The summed E-state index contributed by atoms with van der Waals surface area (Å²) >= 11 is 0. The molecule has 1 aromatic heterocycles.